The number of amides is 4. The number of nitrogens with one attached hydrogen (secondary N) is 2. The molecule has 2 N–H and O–H groups in total. The molecular formula is C22H29N3O5. The van der Waals surface area contributed by atoms with Gasteiger partial charge < -0.3 is 15.4 Å². The van der Waals surface area contributed by atoms with Gasteiger partial charge in [-0.05, 0) is 49.4 Å². The molecular weight excluding hydrogens is 386 g/mol. The van der Waals surface area contributed by atoms with Gasteiger partial charge in [0.2, 0.25) is 5.91 Å². The van der Waals surface area contributed by atoms with E-state index in [-0.39, 0.29) is 18.4 Å². The van der Waals surface area contributed by atoms with E-state index in [1.807, 2.05) is 13.8 Å². The van der Waals surface area contributed by atoms with Crippen LogP contribution in [0.5, 0.6) is 0 Å². The summed E-state index contributed by atoms with van der Waals surface area (Å²) in [5, 5.41) is 5.50. The smallest absolute Gasteiger partial charge is 0.338 e. The Balaban J connectivity index is 1.57. The Kier molecular flexibility index (Phi) is 6.74. The number of esters is 1. The van der Waals surface area contributed by atoms with Crippen LogP contribution >= 0.6 is 0 Å². The number of nitrogens with zero attached hydrogens (tertiary/aromatic N) is 1. The highest BCUT2D eigenvalue weighted by Crippen LogP contribution is 2.38. The van der Waals surface area contributed by atoms with Crippen LogP contribution in [0.3, 0.4) is 0 Å². The van der Waals surface area contributed by atoms with Crippen LogP contribution in [0.25, 0.3) is 0 Å². The predicted octanol–water partition coefficient (Wildman–Crippen LogP) is 3.08. The Bertz CT molecular complexity index is 823. The number of carbonyl (C=O) groups is 4. The molecule has 1 aromatic carbocycles. The Morgan fingerprint density at radius 2 is 1.97 bits per heavy atom. The molecule has 0 bridgehead atoms. The monoisotopic (exact) mass is 415 g/mol. The normalized spacial score (nSPS) is 23.4. The highest BCUT2D eigenvalue weighted by molar-refractivity contribution is 6.10. The summed E-state index contributed by atoms with van der Waals surface area (Å²) in [4.78, 5) is 50.7. The summed E-state index contributed by atoms with van der Waals surface area (Å²) in [6.45, 7) is 4.01. The van der Waals surface area contributed by atoms with E-state index in [0.29, 0.717) is 24.3 Å². The van der Waals surface area contributed by atoms with Crippen molar-refractivity contribution in [3.05, 3.63) is 29.8 Å². The minimum Gasteiger partial charge on any atom is -0.462 e. The van der Waals surface area contributed by atoms with Gasteiger partial charge in [-0.2, -0.15) is 0 Å². The lowest BCUT2D eigenvalue weighted by Gasteiger charge is -2.36. The van der Waals surface area contributed by atoms with Crippen LogP contribution in [-0.2, 0) is 14.3 Å². The maximum absolute atomic E-state index is 12.9. The van der Waals surface area contributed by atoms with Crippen molar-refractivity contribution in [3.63, 3.8) is 0 Å². The van der Waals surface area contributed by atoms with Crippen molar-refractivity contribution in [1.29, 1.82) is 0 Å². The summed E-state index contributed by atoms with van der Waals surface area (Å²) in [6.07, 6.45) is 5.14. The van der Waals surface area contributed by atoms with E-state index in [9.17, 15) is 19.2 Å². The molecule has 3 rings (SSSR count). The molecule has 2 atom stereocenters. The van der Waals surface area contributed by atoms with Gasteiger partial charge in [-0.25, -0.2) is 9.59 Å². The maximum atomic E-state index is 12.9. The van der Waals surface area contributed by atoms with Gasteiger partial charge in [-0.15, -0.1) is 0 Å². The molecule has 2 aliphatic rings. The molecule has 1 heterocycles. The molecule has 2 fully saturated rings. The van der Waals surface area contributed by atoms with Crippen LogP contribution in [-0.4, -0.2) is 47.4 Å². The first kappa shape index (κ1) is 21.8. The average Bonchev–Trinajstić information content (AvgIpc) is 2.96. The Morgan fingerprint density at radius 3 is 2.63 bits per heavy atom. The molecule has 1 aliphatic carbocycles. The molecule has 4 amide bonds. The maximum Gasteiger partial charge on any atom is 0.338 e. The van der Waals surface area contributed by atoms with Gasteiger partial charge in [0, 0.05) is 5.69 Å². The average molecular weight is 415 g/mol. The molecule has 1 saturated heterocycles. The Morgan fingerprint density at radius 1 is 1.23 bits per heavy atom. The highest BCUT2D eigenvalue weighted by atomic mass is 16.5. The fourth-order valence-electron chi connectivity index (χ4n) is 4.07. The first-order valence-corrected chi connectivity index (χ1v) is 10.6. The first-order valence-electron chi connectivity index (χ1n) is 10.6. The lowest BCUT2D eigenvalue weighted by Crippen LogP contribution is -2.54. The van der Waals surface area contributed by atoms with Crippen molar-refractivity contribution in [2.45, 2.75) is 57.9 Å². The third-order valence-electron chi connectivity index (χ3n) is 5.94. The summed E-state index contributed by atoms with van der Waals surface area (Å²) < 4.78 is 5.15. The molecule has 1 aromatic rings. The van der Waals surface area contributed by atoms with E-state index in [1.54, 1.807) is 24.3 Å². The Hall–Kier alpha value is -2.90. The van der Waals surface area contributed by atoms with Gasteiger partial charge >= 0.3 is 12.0 Å². The third kappa shape index (κ3) is 4.47. The zero-order chi connectivity index (χ0) is 21.7. The molecule has 8 heteroatoms. The van der Waals surface area contributed by atoms with E-state index in [1.165, 1.54) is 0 Å². The number of anilines is 1. The van der Waals surface area contributed by atoms with E-state index >= 15 is 0 Å². The number of carbonyl (C=O) groups excluding carboxylic acids is 4. The number of imide groups is 1. The second-order valence-electron chi connectivity index (χ2n) is 8.05. The highest BCUT2D eigenvalue weighted by Gasteiger charge is 2.55. The van der Waals surface area contributed by atoms with Crippen LogP contribution in [0.4, 0.5) is 10.5 Å². The molecule has 2 unspecified atom stereocenters. The van der Waals surface area contributed by atoms with E-state index in [0.717, 1.165) is 37.0 Å². The summed E-state index contributed by atoms with van der Waals surface area (Å²) in [6, 6.07) is 5.79. The van der Waals surface area contributed by atoms with Gasteiger partial charge in [0.25, 0.3) is 5.91 Å². The van der Waals surface area contributed by atoms with Crippen LogP contribution < -0.4 is 10.6 Å². The van der Waals surface area contributed by atoms with Gasteiger partial charge in [0.1, 0.15) is 12.1 Å². The summed E-state index contributed by atoms with van der Waals surface area (Å²) in [5.41, 5.74) is -0.0144. The predicted molar refractivity (Wildman–Crippen MR) is 111 cm³/mol. The van der Waals surface area contributed by atoms with Gasteiger partial charge in [-0.1, -0.05) is 33.1 Å². The summed E-state index contributed by atoms with van der Waals surface area (Å²) in [5.74, 6) is -1.16. The molecule has 162 valence electrons. The molecule has 0 aromatic heterocycles. The number of unbranched alkanes of at least 4 members (excludes halogenated alkanes) is 1. The number of urea groups is 1. The van der Waals surface area contributed by atoms with Gasteiger partial charge in [0.05, 0.1) is 12.2 Å². The zero-order valence-corrected chi connectivity index (χ0v) is 17.5. The minimum atomic E-state index is -0.880. The number of hydrogen-bond donors (Lipinski definition) is 2. The third-order valence-corrected chi connectivity index (χ3v) is 5.94. The summed E-state index contributed by atoms with van der Waals surface area (Å²) >= 11 is 0. The van der Waals surface area contributed by atoms with Crippen molar-refractivity contribution < 1.29 is 23.9 Å². The van der Waals surface area contributed by atoms with Crippen molar-refractivity contribution in [2.24, 2.45) is 5.92 Å². The molecule has 0 radical (unpaired) electrons. The fraction of sp³-hybridized carbons (Fsp3) is 0.545. The van der Waals surface area contributed by atoms with Crippen LogP contribution in [0, 0.1) is 5.92 Å². The Labute approximate surface area is 176 Å². The van der Waals surface area contributed by atoms with E-state index < -0.39 is 23.4 Å². The van der Waals surface area contributed by atoms with E-state index in [4.69, 9.17) is 4.74 Å². The SMILES string of the molecule is CCCCOC(=O)c1ccc(NC(=O)CN2C(=O)NC3(CCCCC3C)C2=O)cc1. The van der Waals surface area contributed by atoms with Gasteiger partial charge in [-0.3, -0.25) is 14.5 Å². The topological polar surface area (TPSA) is 105 Å². The van der Waals surface area contributed by atoms with Crippen LogP contribution in [0.15, 0.2) is 24.3 Å². The second kappa shape index (κ2) is 9.28. The van der Waals surface area contributed by atoms with Crippen molar-refractivity contribution in [2.75, 3.05) is 18.5 Å². The molecule has 1 aliphatic heterocycles. The second-order valence-corrected chi connectivity index (χ2v) is 8.05. The number of benzene rings is 1. The van der Waals surface area contributed by atoms with Crippen LogP contribution in [0.1, 0.15) is 62.7 Å². The molecule has 8 nitrogen and oxygen atoms in total. The minimum absolute atomic E-state index is 0.0420. The van der Waals surface area contributed by atoms with Crippen molar-refractivity contribution in [1.82, 2.24) is 10.2 Å². The number of rotatable bonds is 7. The summed E-state index contributed by atoms with van der Waals surface area (Å²) in [7, 11) is 0. The van der Waals surface area contributed by atoms with Crippen molar-refractivity contribution >= 4 is 29.5 Å². The lowest BCUT2D eigenvalue weighted by molar-refractivity contribution is -0.136. The lowest BCUT2D eigenvalue weighted by atomic mass is 9.73. The standard InChI is InChI=1S/C22H29N3O5/c1-3-4-13-30-19(27)16-8-10-17(11-9-16)23-18(26)14-25-20(28)22(24-21(25)29)12-6-5-7-15(22)2/h8-11,15H,3-7,12-14H2,1-2H3,(H,23,26)(H,24,29). The first-order chi connectivity index (χ1) is 14.4. The van der Waals surface area contributed by atoms with Crippen molar-refractivity contribution in [3.8, 4) is 0 Å². The van der Waals surface area contributed by atoms with Crippen LogP contribution in [0.2, 0.25) is 0 Å². The van der Waals surface area contributed by atoms with Gasteiger partial charge in [0.15, 0.2) is 0 Å². The molecule has 1 spiro atoms. The molecule has 30 heavy (non-hydrogen) atoms. The zero-order valence-electron chi connectivity index (χ0n) is 17.5. The van der Waals surface area contributed by atoms with E-state index in [2.05, 4.69) is 10.6 Å². The molecule has 1 saturated carbocycles. The number of hydrogen-bond acceptors (Lipinski definition) is 5. The fourth-order valence-corrected chi connectivity index (χ4v) is 4.07. The largest absolute Gasteiger partial charge is 0.462 e. The quantitative estimate of drug-likeness (QED) is 0.405. The number of ether oxygens (including phenoxy) is 1.